The molecule has 5 nitrogen and oxygen atoms in total. The molecule has 3 rings (SSSR count). The topological polar surface area (TPSA) is 52.7 Å². The van der Waals surface area contributed by atoms with Gasteiger partial charge in [-0.05, 0) is 24.5 Å². The SMILES string of the molecule is O=C(CN1CSCC1=O)NC[C@@H]1CCN(c2ccccc2)C1. The Bertz CT molecular complexity index is 537. The molecule has 0 spiro atoms. The lowest BCUT2D eigenvalue weighted by molar-refractivity contribution is -0.132. The second-order valence-electron chi connectivity index (χ2n) is 5.81. The number of anilines is 1. The first-order valence-corrected chi connectivity index (χ1v) is 8.80. The van der Waals surface area contributed by atoms with Crippen molar-refractivity contribution in [3.8, 4) is 0 Å². The van der Waals surface area contributed by atoms with Gasteiger partial charge in [-0.25, -0.2) is 0 Å². The fraction of sp³-hybridized carbons (Fsp3) is 0.500. The average molecular weight is 319 g/mol. The van der Waals surface area contributed by atoms with Crippen LogP contribution in [0.2, 0.25) is 0 Å². The molecule has 0 unspecified atom stereocenters. The summed E-state index contributed by atoms with van der Waals surface area (Å²) in [5.41, 5.74) is 1.25. The fourth-order valence-corrected chi connectivity index (χ4v) is 3.80. The minimum Gasteiger partial charge on any atom is -0.371 e. The summed E-state index contributed by atoms with van der Waals surface area (Å²) in [5, 5.41) is 2.98. The number of thioether (sulfide) groups is 1. The summed E-state index contributed by atoms with van der Waals surface area (Å²) in [6, 6.07) is 10.4. The highest BCUT2D eigenvalue weighted by Gasteiger charge is 2.25. The van der Waals surface area contributed by atoms with Crippen LogP contribution in [0, 0.1) is 5.92 Å². The standard InChI is InChI=1S/C16H21N3O2S/c20-15(10-19-12-22-11-16(19)21)17-8-13-6-7-18(9-13)14-4-2-1-3-5-14/h1-5,13H,6-12H2,(H,17,20)/t13-/m0/s1. The molecule has 2 saturated heterocycles. The van der Waals surface area contributed by atoms with Crippen molar-refractivity contribution in [3.63, 3.8) is 0 Å². The van der Waals surface area contributed by atoms with E-state index in [0.29, 0.717) is 24.1 Å². The Balaban J connectivity index is 1.41. The summed E-state index contributed by atoms with van der Waals surface area (Å²) in [6.07, 6.45) is 1.09. The van der Waals surface area contributed by atoms with Gasteiger partial charge in [-0.3, -0.25) is 9.59 Å². The van der Waals surface area contributed by atoms with Gasteiger partial charge in [0.05, 0.1) is 11.6 Å². The van der Waals surface area contributed by atoms with Gasteiger partial charge in [0.1, 0.15) is 6.54 Å². The van der Waals surface area contributed by atoms with Crippen molar-refractivity contribution in [2.45, 2.75) is 6.42 Å². The number of rotatable bonds is 5. The van der Waals surface area contributed by atoms with E-state index in [2.05, 4.69) is 34.5 Å². The summed E-state index contributed by atoms with van der Waals surface area (Å²) in [5.74, 6) is 1.64. The molecule has 1 aromatic carbocycles. The number of nitrogens with one attached hydrogen (secondary N) is 1. The van der Waals surface area contributed by atoms with Crippen molar-refractivity contribution < 1.29 is 9.59 Å². The van der Waals surface area contributed by atoms with Crippen molar-refractivity contribution in [2.24, 2.45) is 5.92 Å². The Morgan fingerprint density at radius 3 is 2.86 bits per heavy atom. The predicted octanol–water partition coefficient (Wildman–Crippen LogP) is 1.16. The summed E-state index contributed by atoms with van der Waals surface area (Å²) in [4.78, 5) is 27.4. The summed E-state index contributed by atoms with van der Waals surface area (Å²) in [7, 11) is 0. The molecule has 0 saturated carbocycles. The Hall–Kier alpha value is -1.69. The number of carbonyl (C=O) groups excluding carboxylic acids is 2. The van der Waals surface area contributed by atoms with Crippen LogP contribution >= 0.6 is 11.8 Å². The number of amides is 2. The van der Waals surface area contributed by atoms with E-state index in [1.54, 1.807) is 16.7 Å². The lowest BCUT2D eigenvalue weighted by atomic mass is 10.1. The quantitative estimate of drug-likeness (QED) is 0.885. The zero-order valence-corrected chi connectivity index (χ0v) is 13.3. The number of nitrogens with zero attached hydrogens (tertiary/aromatic N) is 2. The summed E-state index contributed by atoms with van der Waals surface area (Å²) >= 11 is 1.56. The number of para-hydroxylation sites is 1. The van der Waals surface area contributed by atoms with Crippen LogP contribution in [0.3, 0.4) is 0 Å². The van der Waals surface area contributed by atoms with Crippen LogP contribution in [0.1, 0.15) is 6.42 Å². The van der Waals surface area contributed by atoms with Crippen LogP contribution in [-0.4, -0.2) is 54.5 Å². The zero-order valence-electron chi connectivity index (χ0n) is 12.5. The monoisotopic (exact) mass is 319 g/mol. The van der Waals surface area contributed by atoms with Crippen LogP contribution in [0.15, 0.2) is 30.3 Å². The van der Waals surface area contributed by atoms with E-state index in [1.807, 2.05) is 6.07 Å². The molecule has 6 heteroatoms. The van der Waals surface area contributed by atoms with Gasteiger partial charge in [0, 0.05) is 25.3 Å². The number of benzene rings is 1. The van der Waals surface area contributed by atoms with Crippen molar-refractivity contribution in [3.05, 3.63) is 30.3 Å². The third-order valence-electron chi connectivity index (χ3n) is 4.15. The molecule has 2 heterocycles. The molecule has 1 N–H and O–H groups in total. The van der Waals surface area contributed by atoms with E-state index in [4.69, 9.17) is 0 Å². The number of hydrogen-bond acceptors (Lipinski definition) is 4. The third-order valence-corrected chi connectivity index (χ3v) is 5.10. The maximum absolute atomic E-state index is 11.9. The Morgan fingerprint density at radius 2 is 2.14 bits per heavy atom. The molecular formula is C16H21N3O2S. The van der Waals surface area contributed by atoms with E-state index in [-0.39, 0.29) is 18.4 Å². The second-order valence-corrected chi connectivity index (χ2v) is 6.76. The van der Waals surface area contributed by atoms with Crippen LogP contribution in [0.25, 0.3) is 0 Å². The molecule has 0 aliphatic carbocycles. The molecule has 22 heavy (non-hydrogen) atoms. The number of hydrogen-bond donors (Lipinski definition) is 1. The smallest absolute Gasteiger partial charge is 0.239 e. The molecule has 2 aliphatic heterocycles. The van der Waals surface area contributed by atoms with Crippen LogP contribution in [0.4, 0.5) is 5.69 Å². The van der Waals surface area contributed by atoms with Crippen LogP contribution in [-0.2, 0) is 9.59 Å². The molecular weight excluding hydrogens is 298 g/mol. The van der Waals surface area contributed by atoms with E-state index in [1.165, 1.54) is 5.69 Å². The minimum absolute atomic E-state index is 0.0472. The molecule has 0 radical (unpaired) electrons. The van der Waals surface area contributed by atoms with E-state index < -0.39 is 0 Å². The van der Waals surface area contributed by atoms with Crippen molar-refractivity contribution >= 4 is 29.3 Å². The Labute approximate surface area is 135 Å². The summed E-state index contributed by atoms with van der Waals surface area (Å²) in [6.45, 7) is 2.90. The van der Waals surface area contributed by atoms with E-state index in [9.17, 15) is 9.59 Å². The van der Waals surface area contributed by atoms with Crippen molar-refractivity contribution in [1.29, 1.82) is 0 Å². The lowest BCUT2D eigenvalue weighted by Gasteiger charge is -2.19. The predicted molar refractivity (Wildman–Crippen MR) is 88.8 cm³/mol. The van der Waals surface area contributed by atoms with Crippen molar-refractivity contribution in [1.82, 2.24) is 10.2 Å². The number of carbonyl (C=O) groups is 2. The van der Waals surface area contributed by atoms with Gasteiger partial charge in [-0.1, -0.05) is 18.2 Å². The Kier molecular flexibility index (Phi) is 4.87. The highest BCUT2D eigenvalue weighted by molar-refractivity contribution is 8.00. The second kappa shape index (κ2) is 7.05. The maximum atomic E-state index is 11.9. The van der Waals surface area contributed by atoms with Crippen LogP contribution in [0.5, 0.6) is 0 Å². The summed E-state index contributed by atoms with van der Waals surface area (Å²) < 4.78 is 0. The molecule has 118 valence electrons. The highest BCUT2D eigenvalue weighted by atomic mass is 32.2. The van der Waals surface area contributed by atoms with Gasteiger partial charge in [-0.15, -0.1) is 11.8 Å². The lowest BCUT2D eigenvalue weighted by Crippen LogP contribution is -2.40. The third kappa shape index (κ3) is 3.74. The van der Waals surface area contributed by atoms with Crippen LogP contribution < -0.4 is 10.2 Å². The minimum atomic E-state index is -0.0472. The van der Waals surface area contributed by atoms with Gasteiger partial charge in [-0.2, -0.15) is 0 Å². The van der Waals surface area contributed by atoms with Gasteiger partial charge in [0.2, 0.25) is 11.8 Å². The zero-order chi connectivity index (χ0) is 15.4. The Morgan fingerprint density at radius 1 is 1.32 bits per heavy atom. The van der Waals surface area contributed by atoms with Gasteiger partial charge < -0.3 is 15.1 Å². The molecule has 0 aromatic heterocycles. The molecule has 2 fully saturated rings. The van der Waals surface area contributed by atoms with E-state index in [0.717, 1.165) is 19.5 Å². The first kappa shape index (κ1) is 15.2. The molecule has 0 bridgehead atoms. The molecule has 1 aromatic rings. The van der Waals surface area contributed by atoms with E-state index >= 15 is 0 Å². The first-order chi connectivity index (χ1) is 10.7. The highest BCUT2D eigenvalue weighted by Crippen LogP contribution is 2.23. The maximum Gasteiger partial charge on any atom is 0.239 e. The van der Waals surface area contributed by atoms with Gasteiger partial charge >= 0.3 is 0 Å². The van der Waals surface area contributed by atoms with Gasteiger partial charge in [0.15, 0.2) is 0 Å². The molecule has 1 atom stereocenters. The fourth-order valence-electron chi connectivity index (χ4n) is 2.90. The first-order valence-electron chi connectivity index (χ1n) is 7.64. The normalized spacial score (nSPS) is 21.5. The average Bonchev–Trinajstić information content (AvgIpc) is 3.16. The largest absolute Gasteiger partial charge is 0.371 e. The molecule has 2 amide bonds. The van der Waals surface area contributed by atoms with Crippen molar-refractivity contribution in [2.75, 3.05) is 42.7 Å². The molecule has 2 aliphatic rings. The van der Waals surface area contributed by atoms with Gasteiger partial charge in [0.25, 0.3) is 0 Å².